The minimum Gasteiger partial charge on any atom is -0.325 e. The molecule has 0 atom stereocenters. The largest absolute Gasteiger partial charge is 0.417 e. The molecule has 0 aliphatic heterocycles. The van der Waals surface area contributed by atoms with E-state index in [1.54, 1.807) is 6.07 Å². The Morgan fingerprint density at radius 2 is 2.00 bits per heavy atom. The molecule has 0 bridgehead atoms. The average Bonchev–Trinajstić information content (AvgIpc) is 2.26. The highest BCUT2D eigenvalue weighted by atomic mass is 19.4. The van der Waals surface area contributed by atoms with Gasteiger partial charge >= 0.3 is 6.18 Å². The highest BCUT2D eigenvalue weighted by Crippen LogP contribution is 2.38. The number of nitrogens with two attached hydrogens (primary N) is 1. The molecule has 1 aromatic rings. The number of hydrogen-bond acceptors (Lipinski definition) is 3. The number of nitrogens with zero attached hydrogens (tertiary/aromatic N) is 2. The molecule has 0 aromatic carbocycles. The van der Waals surface area contributed by atoms with Crippen LogP contribution in [0.15, 0.2) is 6.07 Å². The predicted octanol–water partition coefficient (Wildman–Crippen LogP) is 2.56. The maximum absolute atomic E-state index is 12.7. The number of rotatable bonds is 3. The number of aromatic nitrogens is 1. The molecule has 18 heavy (non-hydrogen) atoms. The van der Waals surface area contributed by atoms with E-state index in [2.05, 4.69) is 4.98 Å². The van der Waals surface area contributed by atoms with Crippen LogP contribution in [0.1, 0.15) is 28.9 Å². The van der Waals surface area contributed by atoms with Gasteiger partial charge in [-0.3, -0.25) is 4.98 Å². The van der Waals surface area contributed by atoms with E-state index in [0.29, 0.717) is 6.07 Å². The molecule has 8 heteroatoms. The smallest absolute Gasteiger partial charge is 0.325 e. The Kier molecular flexibility index (Phi) is 4.19. The molecule has 0 aliphatic carbocycles. The van der Waals surface area contributed by atoms with Gasteiger partial charge in [-0.05, 0) is 6.07 Å². The summed E-state index contributed by atoms with van der Waals surface area (Å²) >= 11 is 0. The molecule has 0 radical (unpaired) electrons. The second-order valence-electron chi connectivity index (χ2n) is 3.36. The number of hydrogen-bond donors (Lipinski definition) is 1. The van der Waals surface area contributed by atoms with Crippen LogP contribution in [0, 0.1) is 11.3 Å². The summed E-state index contributed by atoms with van der Waals surface area (Å²) in [4.78, 5) is 3.55. The molecule has 0 fully saturated rings. The van der Waals surface area contributed by atoms with Gasteiger partial charge in [0.05, 0.1) is 35.0 Å². The van der Waals surface area contributed by atoms with Gasteiger partial charge in [0, 0.05) is 6.54 Å². The van der Waals surface area contributed by atoms with Crippen molar-refractivity contribution in [3.05, 3.63) is 28.6 Å². The molecule has 2 N–H and O–H groups in total. The van der Waals surface area contributed by atoms with Crippen molar-refractivity contribution in [2.45, 2.75) is 25.6 Å². The van der Waals surface area contributed by atoms with E-state index < -0.39 is 42.4 Å². The summed E-state index contributed by atoms with van der Waals surface area (Å²) in [5, 5.41) is 8.40. The average molecular weight is 265 g/mol. The summed E-state index contributed by atoms with van der Waals surface area (Å²) in [7, 11) is 0. The molecule has 1 rings (SSSR count). The van der Waals surface area contributed by atoms with Crippen molar-refractivity contribution in [1.29, 1.82) is 5.26 Å². The Bertz CT molecular complexity index is 476. The topological polar surface area (TPSA) is 62.7 Å². The SMILES string of the molecule is N#CCc1cc(C(F)(F)F)c(C(F)F)c(CN)n1. The number of pyridine rings is 1. The summed E-state index contributed by atoms with van der Waals surface area (Å²) < 4.78 is 63.3. The first kappa shape index (κ1) is 14.3. The van der Waals surface area contributed by atoms with E-state index >= 15 is 0 Å². The molecule has 0 amide bonds. The summed E-state index contributed by atoms with van der Waals surface area (Å²) in [5.74, 6) is 0. The van der Waals surface area contributed by atoms with Crippen LogP contribution in [0.5, 0.6) is 0 Å². The quantitative estimate of drug-likeness (QED) is 0.854. The maximum Gasteiger partial charge on any atom is 0.417 e. The van der Waals surface area contributed by atoms with Gasteiger partial charge in [-0.25, -0.2) is 8.78 Å². The van der Waals surface area contributed by atoms with Crippen molar-refractivity contribution < 1.29 is 22.0 Å². The Balaban J connectivity index is 3.53. The Hall–Kier alpha value is -1.75. The lowest BCUT2D eigenvalue weighted by molar-refractivity contribution is -0.139. The van der Waals surface area contributed by atoms with E-state index in [1.165, 1.54) is 0 Å². The Labute approximate surface area is 99.0 Å². The third kappa shape index (κ3) is 2.92. The molecule has 0 aliphatic rings. The molecule has 0 spiro atoms. The second kappa shape index (κ2) is 5.27. The van der Waals surface area contributed by atoms with Crippen molar-refractivity contribution in [3.63, 3.8) is 0 Å². The molecule has 1 heterocycles. The first-order chi connectivity index (χ1) is 8.31. The standard InChI is InChI=1S/C10H8F5N3/c11-9(12)8-6(10(13,14)15)3-5(1-2-16)18-7(8)4-17/h3,9H,1,4,17H2. The van der Waals surface area contributed by atoms with E-state index in [-0.39, 0.29) is 5.69 Å². The van der Waals surface area contributed by atoms with Crippen molar-refractivity contribution >= 4 is 0 Å². The molecule has 0 saturated heterocycles. The zero-order valence-corrected chi connectivity index (χ0v) is 8.93. The van der Waals surface area contributed by atoms with Crippen molar-refractivity contribution in [3.8, 4) is 6.07 Å². The fourth-order valence-corrected chi connectivity index (χ4v) is 1.47. The number of halogens is 5. The number of nitriles is 1. The van der Waals surface area contributed by atoms with Gasteiger partial charge < -0.3 is 5.73 Å². The first-order valence-corrected chi connectivity index (χ1v) is 4.76. The van der Waals surface area contributed by atoms with Crippen molar-refractivity contribution in [2.75, 3.05) is 0 Å². The fourth-order valence-electron chi connectivity index (χ4n) is 1.47. The van der Waals surface area contributed by atoms with Crippen molar-refractivity contribution in [2.24, 2.45) is 5.73 Å². The van der Waals surface area contributed by atoms with Crippen LogP contribution in [0.25, 0.3) is 0 Å². The van der Waals surface area contributed by atoms with E-state index in [0.717, 1.165) is 0 Å². The lowest BCUT2D eigenvalue weighted by Gasteiger charge is -2.16. The molecule has 0 unspecified atom stereocenters. The molecule has 98 valence electrons. The molecule has 0 saturated carbocycles. The van der Waals surface area contributed by atoms with Crippen molar-refractivity contribution in [1.82, 2.24) is 4.98 Å². The molecule has 1 aromatic heterocycles. The van der Waals surface area contributed by atoms with E-state index in [4.69, 9.17) is 11.0 Å². The summed E-state index contributed by atoms with van der Waals surface area (Å²) in [6.07, 6.45) is -8.67. The van der Waals surface area contributed by atoms with E-state index in [1.807, 2.05) is 0 Å². The van der Waals surface area contributed by atoms with Gasteiger partial charge in [0.1, 0.15) is 0 Å². The van der Waals surface area contributed by atoms with Gasteiger partial charge in [0.2, 0.25) is 0 Å². The van der Waals surface area contributed by atoms with Crippen LogP contribution in [0.4, 0.5) is 22.0 Å². The van der Waals surface area contributed by atoms with Crippen LogP contribution in [-0.2, 0) is 19.1 Å². The predicted molar refractivity (Wildman–Crippen MR) is 51.4 cm³/mol. The highest BCUT2D eigenvalue weighted by Gasteiger charge is 2.37. The third-order valence-corrected chi connectivity index (χ3v) is 2.17. The third-order valence-electron chi connectivity index (χ3n) is 2.17. The van der Waals surface area contributed by atoms with Gasteiger partial charge in [0.25, 0.3) is 6.43 Å². The lowest BCUT2D eigenvalue weighted by Crippen LogP contribution is -2.16. The van der Waals surface area contributed by atoms with Gasteiger partial charge in [0.15, 0.2) is 0 Å². The molecular weight excluding hydrogens is 257 g/mol. The van der Waals surface area contributed by atoms with Gasteiger partial charge in [-0.15, -0.1) is 0 Å². The van der Waals surface area contributed by atoms with Crippen LogP contribution < -0.4 is 5.73 Å². The Morgan fingerprint density at radius 3 is 2.39 bits per heavy atom. The normalized spacial score (nSPS) is 11.7. The zero-order valence-electron chi connectivity index (χ0n) is 8.93. The molecule has 3 nitrogen and oxygen atoms in total. The Morgan fingerprint density at radius 1 is 1.39 bits per heavy atom. The second-order valence-corrected chi connectivity index (χ2v) is 3.36. The minimum atomic E-state index is -4.94. The van der Waals surface area contributed by atoms with Crippen LogP contribution in [0.2, 0.25) is 0 Å². The summed E-state index contributed by atoms with van der Waals surface area (Å²) in [6, 6.07) is 2.07. The van der Waals surface area contributed by atoms with Crippen LogP contribution in [-0.4, -0.2) is 4.98 Å². The van der Waals surface area contributed by atoms with Crippen LogP contribution >= 0.6 is 0 Å². The maximum atomic E-state index is 12.7. The number of alkyl halides is 5. The summed E-state index contributed by atoms with van der Waals surface area (Å²) in [6.45, 7) is -0.554. The van der Waals surface area contributed by atoms with Gasteiger partial charge in [-0.2, -0.15) is 18.4 Å². The summed E-state index contributed by atoms with van der Waals surface area (Å²) in [5.41, 5.74) is 1.65. The van der Waals surface area contributed by atoms with E-state index in [9.17, 15) is 22.0 Å². The first-order valence-electron chi connectivity index (χ1n) is 4.76. The highest BCUT2D eigenvalue weighted by molar-refractivity contribution is 5.36. The zero-order chi connectivity index (χ0) is 13.9. The van der Waals surface area contributed by atoms with Crippen LogP contribution in [0.3, 0.4) is 0 Å². The molecular formula is C10H8F5N3. The minimum absolute atomic E-state index is 0.227. The van der Waals surface area contributed by atoms with Gasteiger partial charge in [-0.1, -0.05) is 0 Å². The monoisotopic (exact) mass is 265 g/mol. The lowest BCUT2D eigenvalue weighted by atomic mass is 10.0. The fraction of sp³-hybridized carbons (Fsp3) is 0.400.